The quantitative estimate of drug-likeness (QED) is 0.579. The molecular formula is C22H19FN4O. The predicted molar refractivity (Wildman–Crippen MR) is 106 cm³/mol. The summed E-state index contributed by atoms with van der Waals surface area (Å²) in [4.78, 5) is 21.7. The summed E-state index contributed by atoms with van der Waals surface area (Å²) in [7, 11) is 1.92. The summed E-state index contributed by atoms with van der Waals surface area (Å²) in [5.41, 5.74) is 3.44. The standard InChI is InChI=1S/C22H19FN4O/c1-27-12-4-6-21(27)20-14-18(17-13-15(23)7-8-19(17)26-20)22(28)25-11-9-16-5-2-3-10-24-16/h2-8,10,12-14H,9,11H2,1H3,(H,25,28). The number of hydrogen-bond acceptors (Lipinski definition) is 3. The fraction of sp³-hybridized carbons (Fsp3) is 0.136. The Morgan fingerprint density at radius 1 is 1.14 bits per heavy atom. The van der Waals surface area contributed by atoms with Gasteiger partial charge < -0.3 is 9.88 Å². The number of aromatic nitrogens is 3. The van der Waals surface area contributed by atoms with Gasteiger partial charge in [-0.05, 0) is 48.5 Å². The Labute approximate surface area is 161 Å². The third-order valence-electron chi connectivity index (χ3n) is 4.61. The fourth-order valence-corrected chi connectivity index (χ4v) is 3.19. The van der Waals surface area contributed by atoms with E-state index in [0.717, 1.165) is 11.4 Å². The van der Waals surface area contributed by atoms with Gasteiger partial charge >= 0.3 is 0 Å². The Morgan fingerprint density at radius 2 is 2.04 bits per heavy atom. The van der Waals surface area contributed by atoms with E-state index in [9.17, 15) is 9.18 Å². The van der Waals surface area contributed by atoms with Crippen LogP contribution in [0.15, 0.2) is 67.0 Å². The zero-order chi connectivity index (χ0) is 19.5. The van der Waals surface area contributed by atoms with Crippen molar-refractivity contribution in [1.29, 1.82) is 0 Å². The molecule has 0 unspecified atom stereocenters. The van der Waals surface area contributed by atoms with Crippen LogP contribution in [0.2, 0.25) is 0 Å². The maximum absolute atomic E-state index is 13.8. The van der Waals surface area contributed by atoms with Crippen molar-refractivity contribution in [2.45, 2.75) is 6.42 Å². The van der Waals surface area contributed by atoms with Crippen LogP contribution in [0.4, 0.5) is 4.39 Å². The van der Waals surface area contributed by atoms with E-state index < -0.39 is 5.82 Å². The third-order valence-corrected chi connectivity index (χ3v) is 4.61. The van der Waals surface area contributed by atoms with Crippen molar-refractivity contribution >= 4 is 16.8 Å². The molecule has 6 heteroatoms. The molecule has 1 aromatic carbocycles. The lowest BCUT2D eigenvalue weighted by atomic mass is 10.1. The zero-order valence-corrected chi connectivity index (χ0v) is 15.4. The number of benzene rings is 1. The summed E-state index contributed by atoms with van der Waals surface area (Å²) in [5, 5.41) is 3.40. The molecule has 0 saturated heterocycles. The van der Waals surface area contributed by atoms with Gasteiger partial charge in [-0.1, -0.05) is 6.07 Å². The number of amides is 1. The molecule has 0 bridgehead atoms. The molecule has 28 heavy (non-hydrogen) atoms. The maximum Gasteiger partial charge on any atom is 0.252 e. The topological polar surface area (TPSA) is 59.8 Å². The average molecular weight is 374 g/mol. The number of aryl methyl sites for hydroxylation is 1. The van der Waals surface area contributed by atoms with Gasteiger partial charge in [0.05, 0.1) is 22.5 Å². The van der Waals surface area contributed by atoms with E-state index in [4.69, 9.17) is 0 Å². The lowest BCUT2D eigenvalue weighted by Crippen LogP contribution is -2.26. The van der Waals surface area contributed by atoms with E-state index in [0.29, 0.717) is 35.1 Å². The molecule has 140 valence electrons. The largest absolute Gasteiger partial charge is 0.352 e. The highest BCUT2D eigenvalue weighted by molar-refractivity contribution is 6.07. The van der Waals surface area contributed by atoms with E-state index >= 15 is 0 Å². The molecule has 0 radical (unpaired) electrons. The number of halogens is 1. The van der Waals surface area contributed by atoms with Gasteiger partial charge in [-0.15, -0.1) is 0 Å². The van der Waals surface area contributed by atoms with Crippen molar-refractivity contribution in [3.63, 3.8) is 0 Å². The van der Waals surface area contributed by atoms with Gasteiger partial charge in [-0.2, -0.15) is 0 Å². The van der Waals surface area contributed by atoms with Gasteiger partial charge in [0.25, 0.3) is 5.91 Å². The molecule has 4 rings (SSSR count). The molecule has 4 aromatic rings. The first-order valence-electron chi connectivity index (χ1n) is 9.02. The number of hydrogen-bond donors (Lipinski definition) is 1. The van der Waals surface area contributed by atoms with Crippen LogP contribution in [0.25, 0.3) is 22.3 Å². The van der Waals surface area contributed by atoms with Crippen LogP contribution < -0.4 is 5.32 Å². The van der Waals surface area contributed by atoms with Crippen LogP contribution >= 0.6 is 0 Å². The lowest BCUT2D eigenvalue weighted by Gasteiger charge is -2.11. The molecule has 1 N–H and O–H groups in total. The highest BCUT2D eigenvalue weighted by atomic mass is 19.1. The summed E-state index contributed by atoms with van der Waals surface area (Å²) in [5.74, 6) is -0.659. The second kappa shape index (κ2) is 7.60. The molecule has 0 fully saturated rings. The highest BCUT2D eigenvalue weighted by Crippen LogP contribution is 2.25. The zero-order valence-electron chi connectivity index (χ0n) is 15.4. The summed E-state index contributed by atoms with van der Waals surface area (Å²) < 4.78 is 15.8. The van der Waals surface area contributed by atoms with Crippen molar-refractivity contribution in [3.8, 4) is 11.4 Å². The molecule has 5 nitrogen and oxygen atoms in total. The van der Waals surface area contributed by atoms with Crippen LogP contribution in [-0.2, 0) is 13.5 Å². The van der Waals surface area contributed by atoms with Crippen LogP contribution in [0.5, 0.6) is 0 Å². The van der Waals surface area contributed by atoms with Gasteiger partial charge in [-0.3, -0.25) is 9.78 Å². The molecule has 3 heterocycles. The molecule has 0 saturated carbocycles. The van der Waals surface area contributed by atoms with Gasteiger partial charge in [0.2, 0.25) is 0 Å². The van der Waals surface area contributed by atoms with Crippen LogP contribution in [0, 0.1) is 5.82 Å². The SMILES string of the molecule is Cn1cccc1-c1cc(C(=O)NCCc2ccccn2)c2cc(F)ccc2n1. The summed E-state index contributed by atoms with van der Waals surface area (Å²) in [6.45, 7) is 0.439. The van der Waals surface area contributed by atoms with Crippen molar-refractivity contribution in [2.75, 3.05) is 6.54 Å². The smallest absolute Gasteiger partial charge is 0.252 e. The van der Waals surface area contributed by atoms with Gasteiger partial charge in [0.1, 0.15) is 5.82 Å². The van der Waals surface area contributed by atoms with E-state index in [1.165, 1.54) is 12.1 Å². The summed E-state index contributed by atoms with van der Waals surface area (Å²) >= 11 is 0. The van der Waals surface area contributed by atoms with Gasteiger partial charge in [0, 0.05) is 43.5 Å². The molecule has 0 aliphatic heterocycles. The predicted octanol–water partition coefficient (Wildman–Crippen LogP) is 3.75. The first kappa shape index (κ1) is 17.9. The van der Waals surface area contributed by atoms with Crippen molar-refractivity contribution < 1.29 is 9.18 Å². The number of nitrogens with zero attached hydrogens (tertiary/aromatic N) is 3. The Morgan fingerprint density at radius 3 is 2.79 bits per heavy atom. The van der Waals surface area contributed by atoms with E-state index in [1.807, 2.05) is 48.1 Å². The van der Waals surface area contributed by atoms with E-state index in [-0.39, 0.29) is 5.91 Å². The molecule has 0 spiro atoms. The van der Waals surface area contributed by atoms with E-state index in [2.05, 4.69) is 15.3 Å². The Balaban J connectivity index is 1.66. The van der Waals surface area contributed by atoms with Crippen LogP contribution in [0.1, 0.15) is 16.1 Å². The van der Waals surface area contributed by atoms with E-state index in [1.54, 1.807) is 18.3 Å². The lowest BCUT2D eigenvalue weighted by molar-refractivity contribution is 0.0955. The first-order valence-corrected chi connectivity index (χ1v) is 9.02. The number of pyridine rings is 2. The second-order valence-electron chi connectivity index (χ2n) is 6.55. The Hall–Kier alpha value is -3.54. The normalized spacial score (nSPS) is 10.9. The second-order valence-corrected chi connectivity index (χ2v) is 6.55. The Bertz CT molecular complexity index is 1140. The van der Waals surface area contributed by atoms with Gasteiger partial charge in [-0.25, -0.2) is 9.37 Å². The van der Waals surface area contributed by atoms with Crippen molar-refractivity contribution in [3.05, 3.63) is 84.1 Å². The van der Waals surface area contributed by atoms with Crippen LogP contribution in [0.3, 0.4) is 0 Å². The number of fused-ring (bicyclic) bond motifs is 1. The number of carbonyl (C=O) groups is 1. The third kappa shape index (κ3) is 3.62. The van der Waals surface area contributed by atoms with Crippen molar-refractivity contribution in [1.82, 2.24) is 19.9 Å². The fourth-order valence-electron chi connectivity index (χ4n) is 3.19. The Kier molecular flexibility index (Phi) is 4.85. The van der Waals surface area contributed by atoms with Crippen molar-refractivity contribution in [2.24, 2.45) is 7.05 Å². The minimum atomic E-state index is -0.400. The molecule has 1 amide bonds. The molecule has 3 aromatic heterocycles. The average Bonchev–Trinajstić information content (AvgIpc) is 3.14. The summed E-state index contributed by atoms with van der Waals surface area (Å²) in [6, 6.07) is 15.5. The molecule has 0 atom stereocenters. The maximum atomic E-state index is 13.8. The highest BCUT2D eigenvalue weighted by Gasteiger charge is 2.15. The minimum Gasteiger partial charge on any atom is -0.352 e. The summed E-state index contributed by atoms with van der Waals surface area (Å²) in [6.07, 6.45) is 4.26. The van der Waals surface area contributed by atoms with Crippen LogP contribution in [-0.4, -0.2) is 27.0 Å². The molecule has 0 aliphatic rings. The molecular weight excluding hydrogens is 355 g/mol. The van der Waals surface area contributed by atoms with Gasteiger partial charge in [0.15, 0.2) is 0 Å². The molecule has 0 aliphatic carbocycles. The monoisotopic (exact) mass is 374 g/mol. The number of carbonyl (C=O) groups excluding carboxylic acids is 1. The number of rotatable bonds is 5. The number of nitrogens with one attached hydrogen (secondary N) is 1. The first-order chi connectivity index (χ1) is 13.6. The minimum absolute atomic E-state index is 0.260.